The molecular formula is C90H129N19O22S12. The van der Waals surface area contributed by atoms with Gasteiger partial charge in [0.1, 0.15) is 24.2 Å². The van der Waals surface area contributed by atoms with Gasteiger partial charge in [-0.15, -0.1) is 47.0 Å². The second-order valence-corrected chi connectivity index (χ2v) is 49.7. The van der Waals surface area contributed by atoms with Crippen LogP contribution in [0.3, 0.4) is 0 Å². The smallest absolute Gasteiger partial charge is 0.317 e. The number of anilines is 1. The Morgan fingerprint density at radius 3 is 1.04 bits per heavy atom. The predicted molar refractivity (Wildman–Crippen MR) is 566 cm³/mol. The Morgan fingerprint density at radius 2 is 0.699 bits per heavy atom. The number of nitrogens with two attached hydrogens (primary N) is 4. The van der Waals surface area contributed by atoms with Crippen molar-refractivity contribution in [3.63, 3.8) is 0 Å². The summed E-state index contributed by atoms with van der Waals surface area (Å²) in [6.07, 6.45) is 1.82. The van der Waals surface area contributed by atoms with Gasteiger partial charge in [0, 0.05) is 228 Å². The highest BCUT2D eigenvalue weighted by Crippen LogP contribution is 2.37. The molecule has 8 saturated heterocycles. The summed E-state index contributed by atoms with van der Waals surface area (Å²) in [5, 5.41) is 16.6. The van der Waals surface area contributed by atoms with E-state index in [0.29, 0.717) is 60.9 Å². The van der Waals surface area contributed by atoms with E-state index in [1.807, 2.05) is 48.5 Å². The van der Waals surface area contributed by atoms with Gasteiger partial charge in [-0.3, -0.25) is 91.5 Å². The summed E-state index contributed by atoms with van der Waals surface area (Å²) < 4.78 is 28.5. The molecule has 12 unspecified atom stereocenters. The van der Waals surface area contributed by atoms with Gasteiger partial charge in [-0.2, -0.15) is 0 Å². The summed E-state index contributed by atoms with van der Waals surface area (Å²) >= 11 is 4.39. The van der Waals surface area contributed by atoms with Crippen molar-refractivity contribution in [2.24, 2.45) is 22.9 Å². The summed E-state index contributed by atoms with van der Waals surface area (Å²) in [6, 6.07) is 8.20. The van der Waals surface area contributed by atoms with Crippen LogP contribution in [0.4, 0.5) is 15.3 Å². The molecule has 788 valence electrons. The minimum atomic E-state index is -1.25. The molecule has 2 aromatic rings. The quantitative estimate of drug-likeness (QED) is 0.0190. The molecule has 0 saturated carbocycles. The third-order valence-corrected chi connectivity index (χ3v) is 39.0. The van der Waals surface area contributed by atoms with Gasteiger partial charge in [0.2, 0.25) is 88.6 Å². The number of ether oxygens (including phenoxy) is 5. The SMILES string of the molecule is NCC(C(=O)NC1CCSSC1)N1C(=O)CC(SCCN(CCSC2CC(=O)N(C(CN)C(=O)NC3CCSSC3)C2=O)C(=O)NCCN(CCNC(=O)N(CCSC2CC(=O)N(C(CN)C(=O)NC3CCSSC3)C2=O)CCSC2CC(=O)N(C(CN)C(=O)NC3CCSSC3)C2=O)C(=O)CCOCCOCCOCCOCCOCCC(=O)NCCC(=O)N2Cc3ccccc3C#Cc3ccccc32)C1=O. The van der Waals surface area contributed by atoms with Crippen LogP contribution in [0, 0.1) is 11.8 Å². The van der Waals surface area contributed by atoms with Crippen LogP contribution in [0.1, 0.15) is 87.3 Å². The number of amides is 19. The lowest BCUT2D eigenvalue weighted by Gasteiger charge is -2.29. The van der Waals surface area contributed by atoms with Gasteiger partial charge >= 0.3 is 12.1 Å². The molecular weight excluding hydrogens is 2080 g/mol. The lowest BCUT2D eigenvalue weighted by molar-refractivity contribution is -0.146. The van der Waals surface area contributed by atoms with Crippen molar-refractivity contribution in [2.45, 2.75) is 147 Å². The molecule has 19 amide bonds. The lowest BCUT2D eigenvalue weighted by atomic mass is 10.0. The molecule has 11 rings (SSSR count). The van der Waals surface area contributed by atoms with E-state index in [1.165, 1.54) is 14.7 Å². The summed E-state index contributed by atoms with van der Waals surface area (Å²) in [5.74, 6) is 4.70. The molecule has 0 spiro atoms. The maximum atomic E-state index is 14.7. The molecule has 0 aliphatic carbocycles. The molecule has 0 aromatic heterocycles. The molecule has 9 heterocycles. The van der Waals surface area contributed by atoms with E-state index in [2.05, 4.69) is 49.1 Å². The highest BCUT2D eigenvalue weighted by molar-refractivity contribution is 8.77. The first-order valence-electron chi connectivity index (χ1n) is 47.8. The Balaban J connectivity index is 0.691. The zero-order valence-electron chi connectivity index (χ0n) is 79.5. The van der Waals surface area contributed by atoms with Gasteiger partial charge in [-0.25, -0.2) is 9.59 Å². The van der Waals surface area contributed by atoms with Gasteiger partial charge in [-0.05, 0) is 49.4 Å². The molecule has 9 aliphatic heterocycles. The zero-order valence-corrected chi connectivity index (χ0v) is 89.3. The van der Waals surface area contributed by atoms with Gasteiger partial charge < -0.3 is 103 Å². The van der Waals surface area contributed by atoms with Gasteiger partial charge in [-0.1, -0.05) is 129 Å². The Morgan fingerprint density at radius 1 is 0.378 bits per heavy atom. The number of nitrogens with zero attached hydrogens (tertiary/aromatic N) is 8. The fraction of sp³-hybridized carbons (Fsp3) is 0.656. The number of carbonyl (C=O) groups is 17. The molecule has 53 heteroatoms. The molecule has 41 nitrogen and oxygen atoms in total. The highest BCUT2D eigenvalue weighted by atomic mass is 33.1. The number of urea groups is 2. The van der Waals surface area contributed by atoms with E-state index >= 15 is 0 Å². The third kappa shape index (κ3) is 36.0. The Kier molecular flexibility index (Phi) is 51.0. The van der Waals surface area contributed by atoms with E-state index in [0.717, 1.165) is 106 Å². The molecule has 15 N–H and O–H groups in total. The van der Waals surface area contributed by atoms with Crippen LogP contribution in [0.5, 0.6) is 0 Å². The number of rotatable bonds is 59. The minimum absolute atomic E-state index is 0.0430. The number of fused-ring (bicyclic) bond motifs is 2. The number of hydrogen-bond donors (Lipinski definition) is 11. The summed E-state index contributed by atoms with van der Waals surface area (Å²) in [4.78, 5) is 245. The number of para-hydroxylation sites is 1. The van der Waals surface area contributed by atoms with Crippen LogP contribution >= 0.6 is 133 Å². The van der Waals surface area contributed by atoms with Crippen LogP contribution in [-0.2, 0) is 102 Å². The van der Waals surface area contributed by atoms with Crippen molar-refractivity contribution in [1.82, 2.24) is 71.5 Å². The van der Waals surface area contributed by atoms with Gasteiger partial charge in [0.15, 0.2) is 0 Å². The van der Waals surface area contributed by atoms with Crippen molar-refractivity contribution in [3.05, 3.63) is 65.2 Å². The number of benzene rings is 2. The van der Waals surface area contributed by atoms with E-state index < -0.39 is 134 Å². The minimum Gasteiger partial charge on any atom is -0.379 e. The van der Waals surface area contributed by atoms with E-state index in [-0.39, 0.29) is 255 Å². The second-order valence-electron chi connectivity index (χ2n) is 34.0. The summed E-state index contributed by atoms with van der Waals surface area (Å²) in [5.41, 5.74) is 27.6. The van der Waals surface area contributed by atoms with Gasteiger partial charge in [0.05, 0.1) is 106 Å². The normalized spacial score (nSPS) is 21.6. The molecule has 12 atom stereocenters. The molecule has 0 radical (unpaired) electrons. The van der Waals surface area contributed by atoms with Crippen LogP contribution in [-0.4, -0.2) is 424 Å². The maximum Gasteiger partial charge on any atom is 0.317 e. The van der Waals surface area contributed by atoms with Gasteiger partial charge in [0.25, 0.3) is 0 Å². The average Bonchev–Trinajstić information content (AvgIpc) is 1.23. The predicted octanol–water partition coefficient (Wildman–Crippen LogP) is 0.986. The number of thioether (sulfide) groups is 4. The number of hydrogen-bond acceptors (Lipinski definition) is 38. The lowest BCUT2D eigenvalue weighted by Crippen LogP contribution is -2.55. The fourth-order valence-electron chi connectivity index (χ4n) is 16.4. The summed E-state index contributed by atoms with van der Waals surface area (Å²) in [6.45, 7) is 0.0921. The average molecular weight is 2210 g/mol. The maximum absolute atomic E-state index is 14.7. The molecule has 0 bridgehead atoms. The van der Waals surface area contributed by atoms with Crippen molar-refractivity contribution >= 4 is 240 Å². The summed E-state index contributed by atoms with van der Waals surface area (Å²) in [7, 11) is 13.2. The number of likely N-dealkylation sites (tertiary alicyclic amines) is 4. The van der Waals surface area contributed by atoms with Crippen molar-refractivity contribution < 1.29 is 105 Å². The second kappa shape index (κ2) is 62.6. The molecule has 143 heavy (non-hydrogen) atoms. The standard InChI is InChI=1S/C90H129N19O22S12/c91-49-66(81(117)98-61-14-37-136-140-54-61)106-77(113)45-70(85(106)121)132-41-23-103(24-42-133-71-46-78(114)107(86(71)122)67(50-92)82(118)99-62-15-38-137-141-55-62)89(125)96-19-21-102(75(111)13-28-128-30-32-130-34-36-131-35-33-129-31-29-127-27-12-74(110)95-18-11-76(112)105-53-60-7-2-1-5-58(60)9-10-59-6-3-4-8-65(59)105)22-20-97-90(126)104(25-43-134-72-47-79(115)108(87(72)123)68(51-93)83(119)100-63-16-39-138-142-56-63)26-44-135-73-48-80(116)109(88(73)124)69(52-94)84(120)101-64-17-40-139-143-57-64/h1-8,61-64,66-73H,11-57,91-94H2,(H,95,110)(H,96,125)(H,97,126)(H,98,117)(H,99,118)(H,100,119)(H,101,120). The van der Waals surface area contributed by atoms with Crippen molar-refractivity contribution in [2.75, 3.05) is 225 Å². The van der Waals surface area contributed by atoms with E-state index in [9.17, 15) is 81.5 Å². The first kappa shape index (κ1) is 117. The first-order chi connectivity index (χ1) is 69.4. The van der Waals surface area contributed by atoms with E-state index in [4.69, 9.17) is 46.6 Å². The van der Waals surface area contributed by atoms with Crippen molar-refractivity contribution in [1.29, 1.82) is 0 Å². The Labute approximate surface area is 881 Å². The fourth-order valence-corrected chi connectivity index (χ4v) is 30.6. The van der Waals surface area contributed by atoms with Crippen LogP contribution in [0.2, 0.25) is 0 Å². The number of imide groups is 4. The third-order valence-electron chi connectivity index (χ3n) is 24.1. The Hall–Kier alpha value is -6.77. The highest BCUT2D eigenvalue weighted by Gasteiger charge is 2.50. The molecule has 8 fully saturated rings. The van der Waals surface area contributed by atoms with Crippen molar-refractivity contribution in [3.8, 4) is 11.8 Å². The van der Waals surface area contributed by atoms with Crippen LogP contribution in [0.25, 0.3) is 0 Å². The first-order valence-corrected chi connectivity index (χ1v) is 61.9. The number of nitrogens with one attached hydrogen (secondary N) is 7. The largest absolute Gasteiger partial charge is 0.379 e. The molecule has 2 aromatic carbocycles. The van der Waals surface area contributed by atoms with Crippen LogP contribution < -0.4 is 65.1 Å². The van der Waals surface area contributed by atoms with Crippen LogP contribution in [0.15, 0.2) is 48.5 Å². The van der Waals surface area contributed by atoms with E-state index in [1.54, 1.807) is 91.3 Å². The number of carbonyl (C=O) groups excluding carboxylic acids is 17. The Bertz CT molecular complexity index is 4380. The topological polar surface area (TPSA) is 551 Å². The monoisotopic (exact) mass is 2210 g/mol. The molecule has 9 aliphatic rings. The zero-order chi connectivity index (χ0) is 102.